The largest absolute Gasteiger partial charge is 0.381 e. The lowest BCUT2D eigenvalue weighted by atomic mass is 10.0. The summed E-state index contributed by atoms with van der Waals surface area (Å²) < 4.78 is 1.21. The van der Waals surface area contributed by atoms with Crippen LogP contribution < -0.4 is 5.32 Å². The van der Waals surface area contributed by atoms with Crippen molar-refractivity contribution >= 4 is 21.6 Å². The van der Waals surface area contributed by atoms with E-state index in [1.807, 2.05) is 0 Å². The molecule has 0 bridgehead atoms. The van der Waals surface area contributed by atoms with Gasteiger partial charge in [-0.1, -0.05) is 40.2 Å². The predicted octanol–water partition coefficient (Wildman–Crippen LogP) is 5.56. The van der Waals surface area contributed by atoms with Crippen LogP contribution in [0.25, 0.3) is 0 Å². The molecule has 0 aromatic heterocycles. The molecule has 0 saturated heterocycles. The molecule has 0 spiro atoms. The summed E-state index contributed by atoms with van der Waals surface area (Å²) in [5, 5.41) is 3.57. The van der Waals surface area contributed by atoms with Crippen LogP contribution in [0.2, 0.25) is 0 Å². The molecule has 0 radical (unpaired) electrons. The summed E-state index contributed by atoms with van der Waals surface area (Å²) in [5.41, 5.74) is 6.73. The Hall–Kier alpha value is -1.28. The molecule has 3 rings (SSSR count). The lowest BCUT2D eigenvalue weighted by molar-refractivity contribution is 1.03. The van der Waals surface area contributed by atoms with E-state index < -0.39 is 0 Å². The highest BCUT2D eigenvalue weighted by Gasteiger charge is 2.25. The van der Waals surface area contributed by atoms with E-state index in [0.29, 0.717) is 0 Å². The average Bonchev–Trinajstić information content (AvgIpc) is 3.27. The first-order valence-corrected chi connectivity index (χ1v) is 8.03. The van der Waals surface area contributed by atoms with Gasteiger partial charge in [0, 0.05) is 16.7 Å². The van der Waals surface area contributed by atoms with E-state index >= 15 is 0 Å². The molecule has 20 heavy (non-hydrogen) atoms. The summed E-state index contributed by atoms with van der Waals surface area (Å²) in [6, 6.07) is 13.2. The van der Waals surface area contributed by atoms with E-state index in [2.05, 4.69) is 71.5 Å². The number of rotatable bonds is 4. The molecule has 0 atom stereocenters. The van der Waals surface area contributed by atoms with Crippen LogP contribution in [-0.2, 0) is 6.54 Å². The highest BCUT2D eigenvalue weighted by atomic mass is 79.9. The Morgan fingerprint density at radius 3 is 2.40 bits per heavy atom. The normalized spacial score (nSPS) is 14.3. The molecule has 0 aliphatic heterocycles. The Labute approximate surface area is 129 Å². The molecule has 2 aromatic carbocycles. The summed E-state index contributed by atoms with van der Waals surface area (Å²) in [7, 11) is 0. The topological polar surface area (TPSA) is 12.0 Å². The second kappa shape index (κ2) is 5.61. The third kappa shape index (κ3) is 2.90. The molecule has 1 fully saturated rings. The van der Waals surface area contributed by atoms with Gasteiger partial charge in [0.05, 0.1) is 0 Å². The van der Waals surface area contributed by atoms with Crippen LogP contribution in [0.1, 0.15) is 41.0 Å². The van der Waals surface area contributed by atoms with Crippen molar-refractivity contribution in [2.75, 3.05) is 5.32 Å². The van der Waals surface area contributed by atoms with Gasteiger partial charge in [-0.15, -0.1) is 0 Å². The van der Waals surface area contributed by atoms with Crippen molar-refractivity contribution < 1.29 is 0 Å². The molecule has 1 aliphatic rings. The minimum absolute atomic E-state index is 0.807. The van der Waals surface area contributed by atoms with Crippen LogP contribution in [-0.4, -0.2) is 0 Å². The van der Waals surface area contributed by atoms with Crippen molar-refractivity contribution in [1.29, 1.82) is 0 Å². The summed E-state index contributed by atoms with van der Waals surface area (Å²) in [6.07, 6.45) is 2.71. The summed E-state index contributed by atoms with van der Waals surface area (Å²) >= 11 is 3.62. The fraction of sp³-hybridized carbons (Fsp3) is 0.333. The third-order valence-electron chi connectivity index (χ3n) is 3.99. The Morgan fingerprint density at radius 2 is 1.75 bits per heavy atom. The van der Waals surface area contributed by atoms with Gasteiger partial charge in [0.2, 0.25) is 0 Å². The summed E-state index contributed by atoms with van der Waals surface area (Å²) in [6.45, 7) is 5.19. The monoisotopic (exact) mass is 329 g/mol. The van der Waals surface area contributed by atoms with Gasteiger partial charge in [-0.3, -0.25) is 0 Å². The highest BCUT2D eigenvalue weighted by molar-refractivity contribution is 9.10. The van der Waals surface area contributed by atoms with Crippen LogP contribution >= 0.6 is 15.9 Å². The Balaban J connectivity index is 1.77. The van der Waals surface area contributed by atoms with Gasteiger partial charge in [0.25, 0.3) is 0 Å². The molecule has 0 heterocycles. The average molecular weight is 330 g/mol. The third-order valence-corrected chi connectivity index (χ3v) is 5.24. The molecule has 1 saturated carbocycles. The summed E-state index contributed by atoms with van der Waals surface area (Å²) in [5.74, 6) is 0.807. The van der Waals surface area contributed by atoms with Gasteiger partial charge >= 0.3 is 0 Å². The number of nitrogens with one attached hydrogen (secondary N) is 1. The lowest BCUT2D eigenvalue weighted by Crippen LogP contribution is -2.03. The Morgan fingerprint density at radius 1 is 1.10 bits per heavy atom. The molecule has 1 nitrogen and oxygen atoms in total. The number of aryl methyl sites for hydroxylation is 2. The van der Waals surface area contributed by atoms with Crippen molar-refractivity contribution in [2.45, 2.75) is 39.2 Å². The first-order chi connectivity index (χ1) is 9.65. The molecular formula is C18H20BrN. The van der Waals surface area contributed by atoms with Crippen molar-refractivity contribution in [3.63, 3.8) is 0 Å². The molecule has 2 heteroatoms. The van der Waals surface area contributed by atoms with Crippen LogP contribution in [0, 0.1) is 13.8 Å². The zero-order chi connectivity index (χ0) is 14.1. The van der Waals surface area contributed by atoms with Crippen molar-refractivity contribution in [2.24, 2.45) is 0 Å². The van der Waals surface area contributed by atoms with Gasteiger partial charge < -0.3 is 5.32 Å². The first-order valence-electron chi connectivity index (χ1n) is 7.23. The molecule has 1 N–H and O–H groups in total. The second-order valence-corrected chi connectivity index (χ2v) is 6.54. The van der Waals surface area contributed by atoms with Crippen LogP contribution in [0.15, 0.2) is 40.9 Å². The van der Waals surface area contributed by atoms with Crippen LogP contribution in [0.3, 0.4) is 0 Å². The van der Waals surface area contributed by atoms with Gasteiger partial charge in [0.15, 0.2) is 0 Å². The smallest absolute Gasteiger partial charge is 0.0403 e. The molecular weight excluding hydrogens is 310 g/mol. The van der Waals surface area contributed by atoms with Gasteiger partial charge in [-0.25, -0.2) is 0 Å². The van der Waals surface area contributed by atoms with Crippen LogP contribution in [0.4, 0.5) is 5.69 Å². The van der Waals surface area contributed by atoms with Crippen molar-refractivity contribution in [3.8, 4) is 0 Å². The Kier molecular flexibility index (Phi) is 3.84. The maximum absolute atomic E-state index is 3.62. The number of benzene rings is 2. The minimum Gasteiger partial charge on any atom is -0.381 e. The van der Waals surface area contributed by atoms with E-state index in [4.69, 9.17) is 0 Å². The zero-order valence-electron chi connectivity index (χ0n) is 12.0. The quantitative estimate of drug-likeness (QED) is 0.774. The zero-order valence-corrected chi connectivity index (χ0v) is 13.6. The Bertz CT molecular complexity index is 606. The number of anilines is 1. The number of hydrogen-bond acceptors (Lipinski definition) is 1. The van der Waals surface area contributed by atoms with Gasteiger partial charge in [-0.2, -0.15) is 0 Å². The summed E-state index contributed by atoms with van der Waals surface area (Å²) in [4.78, 5) is 0. The molecule has 2 aromatic rings. The van der Waals surface area contributed by atoms with Crippen molar-refractivity contribution in [3.05, 3.63) is 63.1 Å². The van der Waals surface area contributed by atoms with E-state index in [0.717, 1.165) is 12.5 Å². The van der Waals surface area contributed by atoms with Gasteiger partial charge in [0.1, 0.15) is 0 Å². The highest BCUT2D eigenvalue weighted by Crippen LogP contribution is 2.41. The molecule has 0 amide bonds. The van der Waals surface area contributed by atoms with E-state index in [9.17, 15) is 0 Å². The first kappa shape index (κ1) is 13.7. The molecule has 104 valence electrons. The van der Waals surface area contributed by atoms with Gasteiger partial charge in [-0.05, 0) is 67.0 Å². The minimum atomic E-state index is 0.807. The standard InChI is InChI=1S/C18H20BrN/c1-12-9-16(10-13(2)18(12)19)20-11-15-5-3-4-6-17(15)14-7-8-14/h3-6,9-10,14,20H,7-8,11H2,1-2H3. The number of hydrogen-bond donors (Lipinski definition) is 1. The fourth-order valence-electron chi connectivity index (χ4n) is 2.73. The van der Waals surface area contributed by atoms with E-state index in [1.54, 1.807) is 0 Å². The maximum Gasteiger partial charge on any atom is 0.0403 e. The number of halogens is 1. The maximum atomic E-state index is 3.62. The predicted molar refractivity (Wildman–Crippen MR) is 89.4 cm³/mol. The van der Waals surface area contributed by atoms with E-state index in [-0.39, 0.29) is 0 Å². The van der Waals surface area contributed by atoms with Crippen LogP contribution in [0.5, 0.6) is 0 Å². The lowest BCUT2D eigenvalue weighted by Gasteiger charge is -2.13. The second-order valence-electron chi connectivity index (χ2n) is 5.75. The molecule has 0 unspecified atom stereocenters. The van der Waals surface area contributed by atoms with Crippen molar-refractivity contribution in [1.82, 2.24) is 0 Å². The molecule has 1 aliphatic carbocycles. The fourth-order valence-corrected chi connectivity index (χ4v) is 2.96. The van der Waals surface area contributed by atoms with E-state index in [1.165, 1.54) is 45.3 Å². The SMILES string of the molecule is Cc1cc(NCc2ccccc2C2CC2)cc(C)c1Br.